The highest BCUT2D eigenvalue weighted by atomic mass is 16.6. The van der Waals surface area contributed by atoms with Gasteiger partial charge in [-0.15, -0.1) is 0 Å². The zero-order chi connectivity index (χ0) is 23.2. The average Bonchev–Trinajstić information content (AvgIpc) is 3.05. The molecule has 0 saturated heterocycles. The molecule has 0 unspecified atom stereocenters. The van der Waals surface area contributed by atoms with Crippen LogP contribution < -0.4 is 0 Å². The molecule has 0 saturated carbocycles. The van der Waals surface area contributed by atoms with Gasteiger partial charge in [0.15, 0.2) is 0 Å². The topological polar surface area (TPSA) is 80.7 Å². The highest BCUT2D eigenvalue weighted by Gasteiger charge is 2.31. The number of ether oxygens (including phenoxy) is 1. The van der Waals surface area contributed by atoms with Crippen LogP contribution in [0.4, 0.5) is 0 Å². The summed E-state index contributed by atoms with van der Waals surface area (Å²) >= 11 is 0. The van der Waals surface area contributed by atoms with E-state index in [4.69, 9.17) is 0 Å². The lowest BCUT2D eigenvalue weighted by atomic mass is 9.95. The molecule has 0 spiro atoms. The minimum Gasteiger partial charge on any atom is -0.478 e. The molecule has 0 radical (unpaired) electrons. The molecule has 0 atom stereocenters. The number of carboxylic acid groups (broad SMARTS) is 1. The summed E-state index contributed by atoms with van der Waals surface area (Å²) < 4.78 is 4.59. The molecular weight excluding hydrogens is 404 g/mol. The first-order valence-corrected chi connectivity index (χ1v) is 12.7. The maximum absolute atomic E-state index is 11.7. The average molecular weight is 445 g/mol. The third-order valence-corrected chi connectivity index (χ3v) is 6.40. The molecule has 0 aromatic heterocycles. The van der Waals surface area contributed by atoms with E-state index in [1.807, 2.05) is 0 Å². The highest BCUT2D eigenvalue weighted by Crippen LogP contribution is 2.26. The predicted octanol–water partition coefficient (Wildman–Crippen LogP) is 7.50. The number of hydrogen-bond acceptors (Lipinski definition) is 4. The van der Waals surface area contributed by atoms with Gasteiger partial charge in [0.1, 0.15) is 0 Å². The number of carbonyl (C=O) groups is 3. The summed E-state index contributed by atoms with van der Waals surface area (Å²) in [6.45, 7) is 2.26. The van der Waals surface area contributed by atoms with Gasteiger partial charge in [0.05, 0.1) is 16.7 Å². The molecule has 5 nitrogen and oxygen atoms in total. The zero-order valence-electron chi connectivity index (χ0n) is 19.8. The summed E-state index contributed by atoms with van der Waals surface area (Å²) in [4.78, 5) is 34.9. The maximum Gasteiger partial charge on any atom is 0.346 e. The Morgan fingerprint density at radius 2 is 1.09 bits per heavy atom. The van der Waals surface area contributed by atoms with Gasteiger partial charge in [0, 0.05) is 0 Å². The van der Waals surface area contributed by atoms with Gasteiger partial charge in [0.25, 0.3) is 0 Å². The van der Waals surface area contributed by atoms with E-state index in [-0.39, 0.29) is 16.7 Å². The number of hydrogen-bond donors (Lipinski definition) is 1. The first kappa shape index (κ1) is 26.1. The number of aryl methyl sites for hydroxylation is 1. The van der Waals surface area contributed by atoms with Crippen molar-refractivity contribution < 1.29 is 24.2 Å². The van der Waals surface area contributed by atoms with E-state index >= 15 is 0 Å². The Morgan fingerprint density at radius 3 is 1.53 bits per heavy atom. The lowest BCUT2D eigenvalue weighted by Gasteiger charge is -2.08. The molecule has 5 heteroatoms. The van der Waals surface area contributed by atoms with Gasteiger partial charge in [-0.05, 0) is 30.5 Å². The fourth-order valence-electron chi connectivity index (χ4n) is 4.45. The number of fused-ring (bicyclic) bond motifs is 1. The van der Waals surface area contributed by atoms with Crippen molar-refractivity contribution in [3.05, 3.63) is 34.4 Å². The number of esters is 2. The standard InChI is InChI=1S/C27H40O5/c1-2-3-4-5-6-7-8-9-10-11-12-13-14-15-16-17-18-21-19-23-24(20-22(21)25(28)29)27(31)32-26(23)30/h19-20H,2-18H2,1H3,(H,28,29). The maximum atomic E-state index is 11.7. The monoisotopic (exact) mass is 444 g/mol. The van der Waals surface area contributed by atoms with E-state index in [9.17, 15) is 19.5 Å². The Bertz CT molecular complexity index is 753. The number of rotatable bonds is 18. The molecule has 1 aromatic carbocycles. The minimum atomic E-state index is -1.08. The van der Waals surface area contributed by atoms with E-state index in [1.165, 1.54) is 95.6 Å². The number of unbranched alkanes of at least 4 members (excludes halogenated alkanes) is 15. The molecule has 0 aliphatic carbocycles. The second-order valence-corrected chi connectivity index (χ2v) is 9.09. The van der Waals surface area contributed by atoms with Crippen LogP contribution in [0, 0.1) is 0 Å². The van der Waals surface area contributed by atoms with Gasteiger partial charge in [0.2, 0.25) is 0 Å². The van der Waals surface area contributed by atoms with Crippen molar-refractivity contribution in [2.45, 2.75) is 116 Å². The number of carboxylic acids is 1. The van der Waals surface area contributed by atoms with E-state index in [0.29, 0.717) is 12.0 Å². The molecule has 0 bridgehead atoms. The first-order valence-electron chi connectivity index (χ1n) is 12.7. The fourth-order valence-corrected chi connectivity index (χ4v) is 4.45. The van der Waals surface area contributed by atoms with Gasteiger partial charge in [-0.2, -0.15) is 0 Å². The molecule has 1 N–H and O–H groups in total. The van der Waals surface area contributed by atoms with Crippen LogP contribution in [-0.2, 0) is 11.2 Å². The Kier molecular flexibility index (Phi) is 12.1. The zero-order valence-corrected chi connectivity index (χ0v) is 19.8. The largest absolute Gasteiger partial charge is 0.478 e. The van der Waals surface area contributed by atoms with Crippen LogP contribution in [0.1, 0.15) is 146 Å². The SMILES string of the molecule is CCCCCCCCCCCCCCCCCCc1cc2c(cc1C(=O)O)C(=O)OC2=O. The predicted molar refractivity (Wildman–Crippen MR) is 126 cm³/mol. The van der Waals surface area contributed by atoms with Crippen LogP contribution in [0.2, 0.25) is 0 Å². The Hall–Kier alpha value is -2.17. The lowest BCUT2D eigenvalue weighted by molar-refractivity contribution is 0.0443. The lowest BCUT2D eigenvalue weighted by Crippen LogP contribution is -2.06. The number of benzene rings is 1. The Labute approximate surface area is 192 Å². The van der Waals surface area contributed by atoms with Crippen molar-refractivity contribution in [3.8, 4) is 0 Å². The fraction of sp³-hybridized carbons (Fsp3) is 0.667. The van der Waals surface area contributed by atoms with Crippen molar-refractivity contribution >= 4 is 17.9 Å². The van der Waals surface area contributed by atoms with Crippen LogP contribution in [0.3, 0.4) is 0 Å². The highest BCUT2D eigenvalue weighted by molar-refractivity contribution is 6.15. The summed E-state index contributed by atoms with van der Waals surface area (Å²) in [6.07, 6.45) is 21.2. The van der Waals surface area contributed by atoms with Crippen molar-refractivity contribution in [2.24, 2.45) is 0 Å². The third kappa shape index (κ3) is 8.76. The van der Waals surface area contributed by atoms with Crippen LogP contribution in [-0.4, -0.2) is 23.0 Å². The number of cyclic esters (lactones) is 2. The van der Waals surface area contributed by atoms with Gasteiger partial charge >= 0.3 is 17.9 Å². The van der Waals surface area contributed by atoms with E-state index in [1.54, 1.807) is 0 Å². The van der Waals surface area contributed by atoms with E-state index < -0.39 is 17.9 Å². The first-order chi connectivity index (χ1) is 15.5. The molecule has 0 amide bonds. The molecule has 178 valence electrons. The van der Waals surface area contributed by atoms with Crippen molar-refractivity contribution in [2.75, 3.05) is 0 Å². The summed E-state index contributed by atoms with van der Waals surface area (Å²) in [7, 11) is 0. The van der Waals surface area contributed by atoms with Crippen LogP contribution in [0.25, 0.3) is 0 Å². The molecule has 2 rings (SSSR count). The summed E-state index contributed by atoms with van der Waals surface area (Å²) in [6, 6.07) is 2.81. The molecule has 1 heterocycles. The van der Waals surface area contributed by atoms with Crippen molar-refractivity contribution in [1.29, 1.82) is 0 Å². The number of carbonyl (C=O) groups excluding carboxylic acids is 2. The second kappa shape index (κ2) is 14.8. The summed E-state index contributed by atoms with van der Waals surface area (Å²) in [5.41, 5.74) is 0.944. The Balaban J connectivity index is 1.52. The third-order valence-electron chi connectivity index (χ3n) is 6.40. The van der Waals surface area contributed by atoms with E-state index in [2.05, 4.69) is 11.7 Å². The van der Waals surface area contributed by atoms with Gasteiger partial charge in [-0.25, -0.2) is 14.4 Å². The smallest absolute Gasteiger partial charge is 0.346 e. The Morgan fingerprint density at radius 1 is 0.688 bits per heavy atom. The molecule has 1 aliphatic rings. The van der Waals surface area contributed by atoms with E-state index in [0.717, 1.165) is 19.3 Å². The normalized spacial score (nSPS) is 12.8. The summed E-state index contributed by atoms with van der Waals surface area (Å²) in [5.74, 6) is -2.52. The van der Waals surface area contributed by atoms with Gasteiger partial charge < -0.3 is 9.84 Å². The van der Waals surface area contributed by atoms with Crippen molar-refractivity contribution in [1.82, 2.24) is 0 Å². The second-order valence-electron chi connectivity index (χ2n) is 9.09. The quantitative estimate of drug-likeness (QED) is 0.144. The molecule has 0 fully saturated rings. The summed E-state index contributed by atoms with van der Waals surface area (Å²) in [5, 5.41) is 9.45. The van der Waals surface area contributed by atoms with Gasteiger partial charge in [-0.1, -0.05) is 103 Å². The van der Waals surface area contributed by atoms with Crippen LogP contribution in [0.15, 0.2) is 12.1 Å². The minimum absolute atomic E-state index is 0.0584. The van der Waals surface area contributed by atoms with Crippen LogP contribution >= 0.6 is 0 Å². The number of aromatic carboxylic acids is 1. The van der Waals surface area contributed by atoms with Gasteiger partial charge in [-0.3, -0.25) is 0 Å². The molecular formula is C27H40O5. The van der Waals surface area contributed by atoms with Crippen LogP contribution in [0.5, 0.6) is 0 Å². The molecule has 32 heavy (non-hydrogen) atoms. The molecule has 1 aromatic rings. The van der Waals surface area contributed by atoms with Crippen molar-refractivity contribution in [3.63, 3.8) is 0 Å². The molecule has 1 aliphatic heterocycles.